The second-order valence-electron chi connectivity index (χ2n) is 29.6. The van der Waals surface area contributed by atoms with Crippen LogP contribution in [0.15, 0.2) is 175 Å². The minimum atomic E-state index is -0.554. The molecule has 0 fully saturated rings. The number of azo groups is 2. The van der Waals surface area contributed by atoms with Crippen LogP contribution in [0.5, 0.6) is 0 Å². The summed E-state index contributed by atoms with van der Waals surface area (Å²) < 4.78 is 22.5. The van der Waals surface area contributed by atoms with Gasteiger partial charge in [0.15, 0.2) is 0 Å². The van der Waals surface area contributed by atoms with Gasteiger partial charge in [0.2, 0.25) is 23.2 Å². The maximum Gasteiger partial charge on any atom is 0.308 e. The van der Waals surface area contributed by atoms with E-state index in [1.807, 2.05) is 85.5 Å². The van der Waals surface area contributed by atoms with Crippen LogP contribution in [-0.4, -0.2) is 99.7 Å². The molecule has 3 unspecified atom stereocenters. The molecule has 2 amide bonds. The van der Waals surface area contributed by atoms with Crippen molar-refractivity contribution >= 4 is 82.0 Å². The molecule has 24 heteroatoms. The highest BCUT2D eigenvalue weighted by molar-refractivity contribution is 6.05. The lowest BCUT2D eigenvalue weighted by molar-refractivity contribution is -0.150. The number of rotatable bonds is 54. The lowest BCUT2D eigenvalue weighted by Gasteiger charge is -2.25. The summed E-state index contributed by atoms with van der Waals surface area (Å²) in [5, 5.41) is 38.8. The Morgan fingerprint density at radius 1 is 0.442 bits per heavy atom. The molecule has 6 rings (SSSR count). The molecule has 0 spiro atoms. The van der Waals surface area contributed by atoms with E-state index in [1.54, 1.807) is 48.6 Å². The van der Waals surface area contributed by atoms with Crippen LogP contribution >= 0.6 is 0 Å². The first-order chi connectivity index (χ1) is 58.5. The summed E-state index contributed by atoms with van der Waals surface area (Å²) in [5.41, 5.74) is 5.68. The SMILES string of the molecule is [C-]#[N+]C1=C(/C=C/c2ccc(N=Nc3ccc(N(CCCCCCOC(=O)C(CC)CCCC)CCCCCCOC(=O)C(CC)CCCC)cc3)cc2)C(=O)N(CCCC)/C1=C(\C#N)[N+]#[C-].[C-]#[N+]C1=C(/C=C/c2ccc(N=Nc3ccc(N(CCOC(=O)CCCCCCC)CCOC(=O)C(CC)CCCC)cc3)cc2)C(=O)N/C1=C(\C#N)[N+]#[C-]. The van der Waals surface area contributed by atoms with E-state index < -0.39 is 5.91 Å². The van der Waals surface area contributed by atoms with Crippen LogP contribution in [0.1, 0.15) is 246 Å². The third kappa shape index (κ3) is 34.1. The van der Waals surface area contributed by atoms with Crippen LogP contribution in [0.2, 0.25) is 0 Å². The molecule has 24 nitrogen and oxygen atoms in total. The van der Waals surface area contributed by atoms with Crippen LogP contribution in [0.4, 0.5) is 34.1 Å². The summed E-state index contributed by atoms with van der Waals surface area (Å²) in [6.07, 6.45) is 32.8. The first-order valence-electron chi connectivity index (χ1n) is 43.1. The lowest BCUT2D eigenvalue weighted by Crippen LogP contribution is -2.32. The van der Waals surface area contributed by atoms with Gasteiger partial charge in [0.05, 0.1) is 117 Å². The number of carbonyl (C=O) groups excluding carboxylic acids is 6. The molecule has 0 saturated heterocycles. The van der Waals surface area contributed by atoms with E-state index in [2.05, 4.69) is 104 Å². The van der Waals surface area contributed by atoms with Gasteiger partial charge in [-0.25, -0.2) is 29.9 Å². The second-order valence-corrected chi connectivity index (χ2v) is 29.6. The van der Waals surface area contributed by atoms with Crippen molar-refractivity contribution in [3.8, 4) is 12.1 Å². The van der Waals surface area contributed by atoms with E-state index >= 15 is 0 Å². The van der Waals surface area contributed by atoms with Crippen LogP contribution in [-0.2, 0) is 47.7 Å². The van der Waals surface area contributed by atoms with Gasteiger partial charge in [0.25, 0.3) is 11.4 Å². The number of benzene rings is 4. The predicted octanol–water partition coefficient (Wildman–Crippen LogP) is 23.6. The van der Waals surface area contributed by atoms with Crippen molar-refractivity contribution in [2.45, 2.75) is 235 Å². The second kappa shape index (κ2) is 57.9. The molecule has 3 atom stereocenters. The molecule has 2 heterocycles. The molecule has 0 aromatic heterocycles. The number of nitrogens with one attached hydrogen (secondary N) is 1. The third-order valence-corrected chi connectivity index (χ3v) is 20.8. The minimum absolute atomic E-state index is 0.0106. The molecule has 120 heavy (non-hydrogen) atoms. The number of nitrogens with zero attached hydrogens (tertiary/aromatic N) is 13. The Hall–Kier alpha value is -12.1. The van der Waals surface area contributed by atoms with Gasteiger partial charge in [-0.3, -0.25) is 28.8 Å². The molecule has 636 valence electrons. The summed E-state index contributed by atoms with van der Waals surface area (Å²) in [5.74, 6) is -1.50. The zero-order valence-corrected chi connectivity index (χ0v) is 71.8. The zero-order chi connectivity index (χ0) is 87.1. The lowest BCUT2D eigenvalue weighted by atomic mass is 10.00. The number of carbonyl (C=O) groups is 6. The standard InChI is InChI=1S/C54H73N7O5.C42H49N7O5/c1-8-13-24-43(11-4)53(63)65-39-22-18-16-20-36-60(37-21-17-19-23-40-66-54(64)44(12-5)25-14-9-2)47-33-31-46(32-34-47)59-58-45-29-26-42(27-30-45)28-35-48-50(57-7)51(49(41-55)56-6)61(52(48)62)38-15-10-3;1-6-9-11-12-13-15-38(50)53-28-26-49(27-29-54-42(52)32(8-3)14-10-7-2)35-23-21-34(22-24-35)48-47-33-19-16-31(17-20-33)18-25-36-39(45-5)40(46-41(36)51)37(30-43)44-4/h26-35,43-44H,8-25,36-40H2,1-5H3;16-25,32H,6-15,26-29H2,1-3H3,(H,46,51)/b35-28+,51-49+,59-58?;25-18+,40-37+,48-47?. The van der Waals surface area contributed by atoms with Crippen molar-refractivity contribution in [2.24, 2.45) is 38.2 Å². The summed E-state index contributed by atoms with van der Waals surface area (Å²) in [4.78, 5) is 95.0. The van der Waals surface area contributed by atoms with Gasteiger partial charge in [0, 0.05) is 48.6 Å². The normalized spacial score (nSPS) is 14.1. The molecule has 2 aliphatic rings. The predicted molar refractivity (Wildman–Crippen MR) is 471 cm³/mol. The topological polar surface area (TPSA) is 276 Å². The molecule has 4 aromatic rings. The van der Waals surface area contributed by atoms with E-state index in [0.29, 0.717) is 62.8 Å². The Bertz CT molecular complexity index is 4380. The van der Waals surface area contributed by atoms with Crippen LogP contribution in [0, 0.1) is 66.7 Å². The maximum atomic E-state index is 13.4. The summed E-state index contributed by atoms with van der Waals surface area (Å²) >= 11 is 0. The number of nitriles is 2. The fraction of sp³-hybridized carbons (Fsp3) is 0.500. The van der Waals surface area contributed by atoms with Gasteiger partial charge in [-0.15, -0.1) is 0 Å². The highest BCUT2D eigenvalue weighted by Gasteiger charge is 2.36. The summed E-state index contributed by atoms with van der Waals surface area (Å²) in [6.45, 7) is 50.8. The number of hydrogen-bond donors (Lipinski definition) is 1. The highest BCUT2D eigenvalue weighted by Crippen LogP contribution is 2.36. The molecule has 0 saturated carbocycles. The van der Waals surface area contributed by atoms with Crippen LogP contribution in [0.3, 0.4) is 0 Å². The molecule has 4 aromatic carbocycles. The number of allylic oxidation sites excluding steroid dienone is 2. The molecular formula is C96H122N14O10. The number of hydrogen-bond acceptors (Lipinski definition) is 18. The van der Waals surface area contributed by atoms with Crippen molar-refractivity contribution in [3.63, 3.8) is 0 Å². The number of amides is 2. The Morgan fingerprint density at radius 2 is 0.825 bits per heavy atom. The fourth-order valence-electron chi connectivity index (χ4n) is 13.4. The van der Waals surface area contributed by atoms with Crippen molar-refractivity contribution in [2.75, 3.05) is 69.0 Å². The Morgan fingerprint density at radius 3 is 1.23 bits per heavy atom. The zero-order valence-electron chi connectivity index (χ0n) is 71.8. The minimum Gasteiger partial charge on any atom is -0.465 e. The van der Waals surface area contributed by atoms with E-state index in [4.69, 9.17) is 50.5 Å². The molecule has 1 N–H and O–H groups in total. The monoisotopic (exact) mass is 1630 g/mol. The first-order valence-corrected chi connectivity index (χ1v) is 43.1. The van der Waals surface area contributed by atoms with E-state index in [9.17, 15) is 34.0 Å². The van der Waals surface area contributed by atoms with Gasteiger partial charge in [0.1, 0.15) is 13.2 Å². The van der Waals surface area contributed by atoms with E-state index in [-0.39, 0.29) is 106 Å². The molecule has 2 aliphatic heterocycles. The molecule has 0 radical (unpaired) electrons. The third-order valence-electron chi connectivity index (χ3n) is 20.8. The van der Waals surface area contributed by atoms with Gasteiger partial charge in [-0.2, -0.15) is 20.5 Å². The van der Waals surface area contributed by atoms with Crippen molar-refractivity contribution < 1.29 is 47.7 Å². The Kier molecular flexibility index (Phi) is 47.5. The average molecular weight is 1630 g/mol. The number of anilines is 2. The quantitative estimate of drug-likeness (QED) is 0.0107. The van der Waals surface area contributed by atoms with Crippen LogP contribution in [0.25, 0.3) is 31.5 Å². The van der Waals surface area contributed by atoms with Crippen LogP contribution < -0.4 is 15.1 Å². The molecule has 0 bridgehead atoms. The summed E-state index contributed by atoms with van der Waals surface area (Å²) in [6, 6.07) is 33.6. The number of esters is 4. The fourth-order valence-corrected chi connectivity index (χ4v) is 13.4. The smallest absolute Gasteiger partial charge is 0.308 e. The Labute approximate surface area is 712 Å². The average Bonchev–Trinajstić information content (AvgIpc) is 1.62. The van der Waals surface area contributed by atoms with E-state index in [0.717, 1.165) is 202 Å². The van der Waals surface area contributed by atoms with Crippen molar-refractivity contribution in [1.82, 2.24) is 10.2 Å². The van der Waals surface area contributed by atoms with Gasteiger partial charge in [-0.05, 0) is 174 Å². The largest absolute Gasteiger partial charge is 0.465 e. The number of unbranched alkanes of at least 4 members (excludes halogenated alkanes) is 14. The van der Waals surface area contributed by atoms with Gasteiger partial charge in [-0.1, -0.05) is 187 Å². The first kappa shape index (κ1) is 98.5. The number of ether oxygens (including phenoxy) is 4. The maximum absolute atomic E-state index is 13.4. The van der Waals surface area contributed by atoms with E-state index in [1.165, 1.54) is 17.4 Å². The highest BCUT2D eigenvalue weighted by atomic mass is 16.5. The van der Waals surface area contributed by atoms with Crippen molar-refractivity contribution in [1.29, 1.82) is 10.5 Å². The Balaban J connectivity index is 0.000000436. The summed E-state index contributed by atoms with van der Waals surface area (Å²) in [7, 11) is 0. The van der Waals surface area contributed by atoms with Gasteiger partial charge < -0.3 is 39.0 Å². The van der Waals surface area contributed by atoms with Crippen molar-refractivity contribution in [3.05, 3.63) is 211 Å². The molecular weight excluding hydrogens is 1510 g/mol. The molecule has 0 aliphatic carbocycles. The van der Waals surface area contributed by atoms with Gasteiger partial charge >= 0.3 is 23.9 Å².